The van der Waals surface area contributed by atoms with Gasteiger partial charge in [0.1, 0.15) is 5.82 Å². The third-order valence-electron chi connectivity index (χ3n) is 3.41. The molecule has 0 spiro atoms. The first-order valence-corrected chi connectivity index (χ1v) is 6.73. The van der Waals surface area contributed by atoms with Gasteiger partial charge in [-0.25, -0.2) is 4.98 Å². The smallest absolute Gasteiger partial charge is 0.253 e. The lowest BCUT2D eigenvalue weighted by Gasteiger charge is -2.09. The van der Waals surface area contributed by atoms with E-state index in [2.05, 4.69) is 14.5 Å². The molecule has 0 N–H and O–H groups in total. The standard InChI is InChI=1S/C16H16N4O/c1-12-8-14(11-19(2)16(12)21)15-18-6-7-20(15)10-13-4-3-5-17-9-13/h3-9,11H,10H2,1-2H3. The summed E-state index contributed by atoms with van der Waals surface area (Å²) in [6.45, 7) is 2.52. The van der Waals surface area contributed by atoms with E-state index >= 15 is 0 Å². The maximum absolute atomic E-state index is 11.8. The first kappa shape index (κ1) is 13.3. The van der Waals surface area contributed by atoms with Crippen LogP contribution >= 0.6 is 0 Å². The van der Waals surface area contributed by atoms with Gasteiger partial charge in [0.05, 0.1) is 6.54 Å². The number of rotatable bonds is 3. The molecule has 3 rings (SSSR count). The summed E-state index contributed by atoms with van der Waals surface area (Å²) in [6.07, 6.45) is 9.12. The van der Waals surface area contributed by atoms with Crippen molar-refractivity contribution in [1.82, 2.24) is 19.1 Å². The quantitative estimate of drug-likeness (QED) is 0.737. The van der Waals surface area contributed by atoms with E-state index in [4.69, 9.17) is 0 Å². The van der Waals surface area contributed by atoms with Gasteiger partial charge >= 0.3 is 0 Å². The maximum Gasteiger partial charge on any atom is 0.253 e. The Morgan fingerprint density at radius 3 is 2.86 bits per heavy atom. The van der Waals surface area contributed by atoms with Crippen LogP contribution < -0.4 is 5.56 Å². The fourth-order valence-electron chi connectivity index (χ4n) is 2.39. The van der Waals surface area contributed by atoms with Crippen LogP contribution in [-0.2, 0) is 13.6 Å². The van der Waals surface area contributed by atoms with E-state index in [1.165, 1.54) is 0 Å². The van der Waals surface area contributed by atoms with Gasteiger partial charge in [-0.15, -0.1) is 0 Å². The van der Waals surface area contributed by atoms with E-state index in [9.17, 15) is 4.79 Å². The van der Waals surface area contributed by atoms with Crippen molar-refractivity contribution in [1.29, 1.82) is 0 Å². The van der Waals surface area contributed by atoms with Crippen molar-refractivity contribution in [3.05, 3.63) is 70.7 Å². The monoisotopic (exact) mass is 280 g/mol. The van der Waals surface area contributed by atoms with Crippen LogP contribution in [-0.4, -0.2) is 19.1 Å². The van der Waals surface area contributed by atoms with Crippen LogP contribution in [0.4, 0.5) is 0 Å². The van der Waals surface area contributed by atoms with Gasteiger partial charge in [-0.3, -0.25) is 9.78 Å². The molecular weight excluding hydrogens is 264 g/mol. The van der Waals surface area contributed by atoms with Crippen molar-refractivity contribution in [3.63, 3.8) is 0 Å². The molecule has 0 saturated heterocycles. The van der Waals surface area contributed by atoms with Crippen molar-refractivity contribution < 1.29 is 0 Å². The molecule has 0 atom stereocenters. The Bertz CT molecular complexity index is 792. The van der Waals surface area contributed by atoms with Crippen LogP contribution in [0.25, 0.3) is 11.4 Å². The second-order valence-electron chi connectivity index (χ2n) is 5.07. The summed E-state index contributed by atoms with van der Waals surface area (Å²) in [5.41, 5.74) is 2.77. The molecule has 0 radical (unpaired) electrons. The van der Waals surface area contributed by atoms with Crippen molar-refractivity contribution in [2.75, 3.05) is 0 Å². The largest absolute Gasteiger partial charge is 0.326 e. The summed E-state index contributed by atoms with van der Waals surface area (Å²) >= 11 is 0. The highest BCUT2D eigenvalue weighted by atomic mass is 16.1. The highest BCUT2D eigenvalue weighted by Gasteiger charge is 2.09. The molecule has 0 aromatic carbocycles. The highest BCUT2D eigenvalue weighted by Crippen LogP contribution is 2.18. The molecule has 0 aliphatic rings. The molecule has 0 amide bonds. The third kappa shape index (κ3) is 2.63. The molecule has 3 aromatic rings. The molecule has 0 aliphatic carbocycles. The normalized spacial score (nSPS) is 10.8. The predicted octanol–water partition coefficient (Wildman–Crippen LogP) is 2.00. The van der Waals surface area contributed by atoms with Gasteiger partial charge in [-0.2, -0.15) is 0 Å². The van der Waals surface area contributed by atoms with E-state index < -0.39 is 0 Å². The topological polar surface area (TPSA) is 52.7 Å². The first-order valence-electron chi connectivity index (χ1n) is 6.73. The average molecular weight is 280 g/mol. The zero-order valence-corrected chi connectivity index (χ0v) is 12.0. The Balaban J connectivity index is 2.01. The molecule has 0 aliphatic heterocycles. The molecule has 3 aromatic heterocycles. The highest BCUT2D eigenvalue weighted by molar-refractivity contribution is 5.55. The molecule has 0 saturated carbocycles. The summed E-state index contributed by atoms with van der Waals surface area (Å²) < 4.78 is 3.64. The summed E-state index contributed by atoms with van der Waals surface area (Å²) in [5.74, 6) is 0.845. The van der Waals surface area contributed by atoms with Gasteiger partial charge in [-0.1, -0.05) is 6.07 Å². The van der Waals surface area contributed by atoms with Crippen LogP contribution in [0.5, 0.6) is 0 Å². The van der Waals surface area contributed by atoms with Crippen LogP contribution in [0, 0.1) is 6.92 Å². The molecule has 106 valence electrons. The van der Waals surface area contributed by atoms with Crippen LogP contribution in [0.1, 0.15) is 11.1 Å². The Kier molecular flexibility index (Phi) is 3.39. The van der Waals surface area contributed by atoms with E-state index in [0.29, 0.717) is 12.1 Å². The molecule has 0 unspecified atom stereocenters. The Morgan fingerprint density at radius 2 is 2.14 bits per heavy atom. The van der Waals surface area contributed by atoms with Gasteiger partial charge in [0.15, 0.2) is 0 Å². The number of pyridine rings is 2. The van der Waals surface area contributed by atoms with Crippen molar-refractivity contribution in [2.24, 2.45) is 7.05 Å². The molecule has 0 bridgehead atoms. The van der Waals surface area contributed by atoms with Crippen molar-refractivity contribution in [3.8, 4) is 11.4 Å². The van der Waals surface area contributed by atoms with Crippen LogP contribution in [0.3, 0.4) is 0 Å². The number of aromatic nitrogens is 4. The number of hydrogen-bond donors (Lipinski definition) is 0. The van der Waals surface area contributed by atoms with Crippen molar-refractivity contribution in [2.45, 2.75) is 13.5 Å². The number of imidazole rings is 1. The lowest BCUT2D eigenvalue weighted by molar-refractivity contribution is 0.795. The fraction of sp³-hybridized carbons (Fsp3) is 0.188. The minimum atomic E-state index is 0.0177. The minimum absolute atomic E-state index is 0.0177. The molecule has 21 heavy (non-hydrogen) atoms. The zero-order valence-electron chi connectivity index (χ0n) is 12.0. The van der Waals surface area contributed by atoms with Gasteiger partial charge in [-0.05, 0) is 24.6 Å². The zero-order chi connectivity index (χ0) is 14.8. The SMILES string of the molecule is Cc1cc(-c2nccn2Cc2cccnc2)cn(C)c1=O. The van der Waals surface area contributed by atoms with E-state index in [1.54, 1.807) is 24.0 Å². The van der Waals surface area contributed by atoms with Gasteiger partial charge < -0.3 is 9.13 Å². The Morgan fingerprint density at radius 1 is 1.29 bits per heavy atom. The van der Waals surface area contributed by atoms with E-state index in [0.717, 1.165) is 17.0 Å². The predicted molar refractivity (Wildman–Crippen MR) is 81.0 cm³/mol. The number of nitrogens with zero attached hydrogens (tertiary/aromatic N) is 4. The van der Waals surface area contributed by atoms with Gasteiger partial charge in [0, 0.05) is 49.2 Å². The third-order valence-corrected chi connectivity index (χ3v) is 3.41. The minimum Gasteiger partial charge on any atom is -0.326 e. The lowest BCUT2D eigenvalue weighted by atomic mass is 10.2. The summed E-state index contributed by atoms with van der Waals surface area (Å²) in [5, 5.41) is 0. The second-order valence-corrected chi connectivity index (χ2v) is 5.07. The second kappa shape index (κ2) is 5.36. The lowest BCUT2D eigenvalue weighted by Crippen LogP contribution is -2.18. The van der Waals surface area contributed by atoms with Crippen LogP contribution in [0.2, 0.25) is 0 Å². The molecule has 5 nitrogen and oxygen atoms in total. The van der Waals surface area contributed by atoms with Crippen LogP contribution in [0.15, 0.2) is 54.0 Å². The van der Waals surface area contributed by atoms with E-state index in [1.807, 2.05) is 43.7 Å². The van der Waals surface area contributed by atoms with E-state index in [-0.39, 0.29) is 5.56 Å². The first-order chi connectivity index (χ1) is 10.1. The molecule has 5 heteroatoms. The Hall–Kier alpha value is -2.69. The fourth-order valence-corrected chi connectivity index (χ4v) is 2.39. The number of hydrogen-bond acceptors (Lipinski definition) is 3. The summed E-state index contributed by atoms with van der Waals surface area (Å²) in [7, 11) is 1.76. The summed E-state index contributed by atoms with van der Waals surface area (Å²) in [6, 6.07) is 5.83. The maximum atomic E-state index is 11.8. The summed E-state index contributed by atoms with van der Waals surface area (Å²) in [4.78, 5) is 20.3. The van der Waals surface area contributed by atoms with Gasteiger partial charge in [0.25, 0.3) is 5.56 Å². The molecular formula is C16H16N4O. The Labute approximate surface area is 122 Å². The molecule has 3 heterocycles. The average Bonchev–Trinajstić information content (AvgIpc) is 2.93. The number of aryl methyl sites for hydroxylation is 2. The van der Waals surface area contributed by atoms with Crippen molar-refractivity contribution >= 4 is 0 Å². The van der Waals surface area contributed by atoms with Gasteiger partial charge in [0.2, 0.25) is 0 Å². The molecule has 0 fully saturated rings.